The number of nitrogens with one attached hydrogen (secondary N) is 4. The Morgan fingerprint density at radius 3 is 1.08 bits per heavy atom. The summed E-state index contributed by atoms with van der Waals surface area (Å²) in [4.78, 5) is 95.0. The molecule has 4 N–H and O–H groups in total. The third-order valence-corrected chi connectivity index (χ3v) is 11.9. The van der Waals surface area contributed by atoms with Gasteiger partial charge in [0.1, 0.15) is 75.9 Å². The maximum absolute atomic E-state index is 14.2. The standard InChI is InChI=1S/C52H82ClN25O11/c1-49(2,3)86-45(82)54-13-17-73-28-36(58-64-73)24-71(25-37-29-74(65-59-37)18-14-55-46(83)87-50(4,5)6)43(80)34-77-32-40(62-68-77)22-70(42(79)21-53)23-41-33-78(69-63-41)35-44(81)72(26-38-30-75(66-60-38)19-15-56-47(84)88-51(7,8)9)27-39-31-76(67-61-39)20-16-57-48(85)89-52(10,11)12/h28-30,32-33,39H,13-27,31,34-35H2,1-12H3,(H,54,82)(H,55,83)(H,56,84)(H,57,85). The van der Waals surface area contributed by atoms with Gasteiger partial charge in [-0.15, -0.1) is 37.1 Å². The van der Waals surface area contributed by atoms with Crippen molar-refractivity contribution in [2.45, 2.75) is 177 Å². The molecule has 0 saturated carbocycles. The lowest BCUT2D eigenvalue weighted by Gasteiger charge is -2.24. The molecule has 5 aromatic rings. The largest absolute Gasteiger partial charge is 0.444 e. The molecule has 1 atom stereocenters. The van der Waals surface area contributed by atoms with Crippen molar-refractivity contribution in [3.63, 3.8) is 0 Å². The van der Waals surface area contributed by atoms with E-state index in [2.05, 4.69) is 83.2 Å². The highest BCUT2D eigenvalue weighted by Crippen LogP contribution is 2.16. The zero-order chi connectivity index (χ0) is 65.1. The molecule has 0 saturated heterocycles. The lowest BCUT2D eigenvalue weighted by molar-refractivity contribution is -0.134. The van der Waals surface area contributed by atoms with E-state index in [-0.39, 0.29) is 110 Å². The molecule has 0 spiro atoms. The summed E-state index contributed by atoms with van der Waals surface area (Å²) in [6.07, 6.45) is 5.68. The summed E-state index contributed by atoms with van der Waals surface area (Å²) >= 11 is 6.10. The number of alkyl carbamates (subject to hydrolysis) is 4. The number of hydrogen-bond donors (Lipinski definition) is 4. The smallest absolute Gasteiger partial charge is 0.407 e. The number of nitrogens with zero attached hydrogens (tertiary/aromatic N) is 21. The summed E-state index contributed by atoms with van der Waals surface area (Å²) in [6, 6.07) is -0.450. The van der Waals surface area contributed by atoms with Crippen LogP contribution >= 0.6 is 11.6 Å². The van der Waals surface area contributed by atoms with Gasteiger partial charge in [-0.05, 0) is 83.1 Å². The Bertz CT molecular complexity index is 3110. The normalized spacial score (nSPS) is 13.4. The number of carbonyl (C=O) groups is 7. The third-order valence-electron chi connectivity index (χ3n) is 11.7. The van der Waals surface area contributed by atoms with Crippen molar-refractivity contribution in [3.8, 4) is 0 Å². The van der Waals surface area contributed by atoms with Crippen LogP contribution in [0.1, 0.15) is 112 Å². The van der Waals surface area contributed by atoms with Crippen molar-refractivity contribution in [2.75, 3.05) is 51.7 Å². The van der Waals surface area contributed by atoms with Gasteiger partial charge in [0.2, 0.25) is 17.7 Å². The number of aromatic nitrogens is 15. The maximum atomic E-state index is 14.2. The lowest BCUT2D eigenvalue weighted by Crippen LogP contribution is -2.41. The van der Waals surface area contributed by atoms with Gasteiger partial charge >= 0.3 is 24.4 Å². The Morgan fingerprint density at radius 2 is 0.742 bits per heavy atom. The van der Waals surface area contributed by atoms with E-state index < -0.39 is 64.6 Å². The first kappa shape index (κ1) is 69.0. The first-order valence-electron chi connectivity index (χ1n) is 28.7. The number of halogens is 1. The molecule has 89 heavy (non-hydrogen) atoms. The third kappa shape index (κ3) is 25.6. The summed E-state index contributed by atoms with van der Waals surface area (Å²) in [5.74, 6) is -1.66. The van der Waals surface area contributed by atoms with Crippen LogP contribution < -0.4 is 21.3 Å². The minimum atomic E-state index is -0.672. The number of ether oxygens (including phenoxy) is 4. The topological polar surface area (TPSA) is 396 Å². The van der Waals surface area contributed by atoms with Gasteiger partial charge in [-0.25, -0.2) is 28.5 Å². The Balaban J connectivity index is 1.09. The molecule has 0 radical (unpaired) electrons. The molecular formula is C52H82ClN25O11. The van der Waals surface area contributed by atoms with E-state index in [0.29, 0.717) is 41.6 Å². The summed E-state index contributed by atoms with van der Waals surface area (Å²) in [7, 11) is 0. The monoisotopic (exact) mass is 1270 g/mol. The molecule has 1 unspecified atom stereocenters. The second-order valence-corrected chi connectivity index (χ2v) is 24.9. The fourth-order valence-electron chi connectivity index (χ4n) is 8.10. The molecule has 5 aromatic heterocycles. The minimum absolute atomic E-state index is 0.0145. The molecule has 7 amide bonds. The number of hydrogen-bond acceptors (Lipinski definition) is 24. The molecule has 0 bridgehead atoms. The first-order valence-corrected chi connectivity index (χ1v) is 29.2. The van der Waals surface area contributed by atoms with Gasteiger partial charge in [-0.2, -0.15) is 5.11 Å². The number of alkyl halides is 1. The van der Waals surface area contributed by atoms with Gasteiger partial charge in [-0.3, -0.25) is 33.4 Å². The SMILES string of the molecule is CC(C)(C)OC(=O)NCCN1CC(CN(Cc2cn(CCNC(=O)OC(C)(C)C)nn2)C(=O)Cn2cc(CN(Cc3cn(CC(=O)N(Cc4cn(CCNC(=O)OC(C)(C)C)nn4)Cc4cn(CCNC(=O)OC(C)(C)C)nn4)nn3)C(=O)CCl)nn2)N=N1. The van der Waals surface area contributed by atoms with Crippen LogP contribution in [0.15, 0.2) is 41.3 Å². The van der Waals surface area contributed by atoms with Crippen LogP contribution in [0.5, 0.6) is 0 Å². The van der Waals surface area contributed by atoms with E-state index >= 15 is 0 Å². The highest BCUT2D eigenvalue weighted by Gasteiger charge is 2.28. The van der Waals surface area contributed by atoms with E-state index in [0.717, 1.165) is 0 Å². The highest BCUT2D eigenvalue weighted by atomic mass is 35.5. The van der Waals surface area contributed by atoms with Crippen LogP contribution in [-0.4, -0.2) is 217 Å². The number of amides is 7. The van der Waals surface area contributed by atoms with Gasteiger partial charge in [0.05, 0.1) is 96.4 Å². The second-order valence-electron chi connectivity index (χ2n) is 24.6. The van der Waals surface area contributed by atoms with E-state index in [4.69, 9.17) is 30.5 Å². The van der Waals surface area contributed by atoms with Gasteiger partial charge < -0.3 is 54.9 Å². The van der Waals surface area contributed by atoms with E-state index in [1.165, 1.54) is 45.6 Å². The van der Waals surface area contributed by atoms with E-state index in [1.807, 2.05) is 0 Å². The molecule has 0 aliphatic carbocycles. The highest BCUT2D eigenvalue weighted by molar-refractivity contribution is 6.27. The predicted octanol–water partition coefficient (Wildman–Crippen LogP) is 1.82. The first-order chi connectivity index (χ1) is 41.8. The van der Waals surface area contributed by atoms with E-state index in [9.17, 15) is 33.6 Å². The van der Waals surface area contributed by atoms with Crippen molar-refractivity contribution in [2.24, 2.45) is 10.3 Å². The van der Waals surface area contributed by atoms with Gasteiger partial charge in [0.15, 0.2) is 0 Å². The quantitative estimate of drug-likeness (QED) is 0.0392. The summed E-state index contributed by atoms with van der Waals surface area (Å²) in [5.41, 5.74) is -0.744. The molecule has 37 heteroatoms. The Kier molecular flexibility index (Phi) is 24.2. The van der Waals surface area contributed by atoms with Crippen molar-refractivity contribution >= 4 is 53.7 Å². The molecule has 0 fully saturated rings. The lowest BCUT2D eigenvalue weighted by atomic mass is 10.2. The zero-order valence-corrected chi connectivity index (χ0v) is 53.2. The van der Waals surface area contributed by atoms with Crippen molar-refractivity contribution in [3.05, 3.63) is 59.5 Å². The Labute approximate surface area is 519 Å². The maximum Gasteiger partial charge on any atom is 0.407 e. The summed E-state index contributed by atoms with van der Waals surface area (Å²) < 4.78 is 28.5. The average molecular weight is 1270 g/mol. The molecule has 6 rings (SSSR count). The molecule has 1 aliphatic heterocycles. The molecule has 36 nitrogen and oxygen atoms in total. The Hall–Kier alpha value is -9.12. The summed E-state index contributed by atoms with van der Waals surface area (Å²) in [5, 5.41) is 63.2. The van der Waals surface area contributed by atoms with Gasteiger partial charge in [0.25, 0.3) is 0 Å². The molecule has 1 aliphatic rings. The van der Waals surface area contributed by atoms with Crippen LogP contribution in [0.4, 0.5) is 19.2 Å². The van der Waals surface area contributed by atoms with Crippen LogP contribution in [-0.2, 0) is 98.8 Å². The van der Waals surface area contributed by atoms with Crippen molar-refractivity contribution in [1.29, 1.82) is 0 Å². The molecular weight excluding hydrogens is 1190 g/mol. The minimum Gasteiger partial charge on any atom is -0.444 e. The van der Waals surface area contributed by atoms with Crippen LogP contribution in [0, 0.1) is 0 Å². The van der Waals surface area contributed by atoms with Crippen molar-refractivity contribution in [1.82, 2.24) is 116 Å². The van der Waals surface area contributed by atoms with Crippen LogP contribution in [0.2, 0.25) is 0 Å². The van der Waals surface area contributed by atoms with Crippen LogP contribution in [0.3, 0.4) is 0 Å². The van der Waals surface area contributed by atoms with Crippen molar-refractivity contribution < 1.29 is 52.5 Å². The zero-order valence-electron chi connectivity index (χ0n) is 52.5. The average Bonchev–Trinajstić information content (AvgIpc) is 4.39. The Morgan fingerprint density at radius 1 is 0.449 bits per heavy atom. The molecule has 6 heterocycles. The predicted molar refractivity (Wildman–Crippen MR) is 312 cm³/mol. The van der Waals surface area contributed by atoms with Gasteiger partial charge in [0, 0.05) is 32.7 Å². The van der Waals surface area contributed by atoms with Crippen LogP contribution in [0.25, 0.3) is 0 Å². The fraction of sp³-hybridized carbons (Fsp3) is 0.673. The number of carbonyl (C=O) groups excluding carboxylic acids is 7. The van der Waals surface area contributed by atoms with E-state index in [1.54, 1.807) is 112 Å². The fourth-order valence-corrected chi connectivity index (χ4v) is 8.27. The second kappa shape index (κ2) is 31.2. The molecule has 0 aromatic carbocycles. The molecule has 488 valence electrons. The summed E-state index contributed by atoms with van der Waals surface area (Å²) in [6.45, 7) is 22.8. The number of rotatable bonds is 29. The van der Waals surface area contributed by atoms with Gasteiger partial charge in [-0.1, -0.05) is 31.3 Å².